The molecule has 0 aromatic heterocycles. The van der Waals surface area contributed by atoms with Crippen molar-refractivity contribution in [1.82, 2.24) is 10.2 Å². The van der Waals surface area contributed by atoms with E-state index in [0.717, 1.165) is 20.8 Å². The average molecular weight is 529 g/mol. The Morgan fingerprint density at radius 2 is 1.76 bits per heavy atom. The maximum atomic E-state index is 13.4. The standard InChI is InChI=1S/C27H30BrFN2O3/c1-4-23(27(33)30-15-18(2)3)31(16-19-9-12-21(29)13-10-19)25(32)17-34-24-14-11-20-7-5-6-8-22(20)26(24)28/h5-14,18,23H,4,15-17H2,1-3H3,(H,30,33). The van der Waals surface area contributed by atoms with E-state index in [0.29, 0.717) is 18.7 Å². The van der Waals surface area contributed by atoms with Crippen LogP contribution in [0.15, 0.2) is 65.1 Å². The highest BCUT2D eigenvalue weighted by molar-refractivity contribution is 9.10. The van der Waals surface area contributed by atoms with Crippen LogP contribution in [0, 0.1) is 11.7 Å². The molecule has 0 aliphatic heterocycles. The fourth-order valence-electron chi connectivity index (χ4n) is 3.68. The van der Waals surface area contributed by atoms with E-state index in [9.17, 15) is 14.0 Å². The van der Waals surface area contributed by atoms with Crippen molar-refractivity contribution in [3.8, 4) is 5.75 Å². The minimum absolute atomic E-state index is 0.176. The summed E-state index contributed by atoms with van der Waals surface area (Å²) in [7, 11) is 0. The number of carbonyl (C=O) groups is 2. The van der Waals surface area contributed by atoms with Crippen LogP contribution >= 0.6 is 15.9 Å². The van der Waals surface area contributed by atoms with Crippen LogP contribution in [0.25, 0.3) is 10.8 Å². The Bertz CT molecular complexity index is 1130. The van der Waals surface area contributed by atoms with E-state index in [1.165, 1.54) is 17.0 Å². The van der Waals surface area contributed by atoms with Crippen LogP contribution in [0.5, 0.6) is 5.75 Å². The predicted molar refractivity (Wildman–Crippen MR) is 136 cm³/mol. The SMILES string of the molecule is CCC(C(=O)NCC(C)C)N(Cc1ccc(F)cc1)C(=O)COc1ccc2ccccc2c1Br. The summed E-state index contributed by atoms with van der Waals surface area (Å²) in [5, 5.41) is 4.96. The fraction of sp³-hybridized carbons (Fsp3) is 0.333. The number of amides is 2. The summed E-state index contributed by atoms with van der Waals surface area (Å²) in [6, 6.07) is 16.9. The normalized spacial score (nSPS) is 11.9. The summed E-state index contributed by atoms with van der Waals surface area (Å²) in [6.45, 7) is 6.36. The highest BCUT2D eigenvalue weighted by Gasteiger charge is 2.29. The van der Waals surface area contributed by atoms with E-state index in [4.69, 9.17) is 4.74 Å². The molecular formula is C27H30BrFN2O3. The molecule has 0 aliphatic rings. The molecule has 3 aromatic rings. The third-order valence-corrected chi connectivity index (χ3v) is 6.33. The van der Waals surface area contributed by atoms with Gasteiger partial charge in [-0.15, -0.1) is 0 Å². The number of carbonyl (C=O) groups excluding carboxylic acids is 2. The monoisotopic (exact) mass is 528 g/mol. The molecule has 0 saturated heterocycles. The summed E-state index contributed by atoms with van der Waals surface area (Å²) in [4.78, 5) is 27.8. The van der Waals surface area contributed by atoms with E-state index in [2.05, 4.69) is 21.2 Å². The lowest BCUT2D eigenvalue weighted by Crippen LogP contribution is -2.50. The quantitative estimate of drug-likeness (QED) is 0.367. The Morgan fingerprint density at radius 1 is 1.06 bits per heavy atom. The highest BCUT2D eigenvalue weighted by atomic mass is 79.9. The Balaban J connectivity index is 1.81. The molecule has 0 heterocycles. The van der Waals surface area contributed by atoms with Gasteiger partial charge in [0.05, 0.1) is 4.47 Å². The van der Waals surface area contributed by atoms with Crippen LogP contribution in [0.3, 0.4) is 0 Å². The molecule has 5 nitrogen and oxygen atoms in total. The van der Waals surface area contributed by atoms with Crippen molar-refractivity contribution in [3.05, 3.63) is 76.5 Å². The number of hydrogen-bond acceptors (Lipinski definition) is 3. The summed E-state index contributed by atoms with van der Waals surface area (Å²) >= 11 is 3.58. The molecule has 180 valence electrons. The molecule has 2 amide bonds. The van der Waals surface area contributed by atoms with Gasteiger partial charge in [-0.05, 0) is 62.8 Å². The van der Waals surface area contributed by atoms with Gasteiger partial charge in [-0.2, -0.15) is 0 Å². The van der Waals surface area contributed by atoms with Gasteiger partial charge in [0.25, 0.3) is 5.91 Å². The average Bonchev–Trinajstić information content (AvgIpc) is 2.83. The third kappa shape index (κ3) is 6.56. The van der Waals surface area contributed by atoms with E-state index in [1.54, 1.807) is 12.1 Å². The zero-order valence-electron chi connectivity index (χ0n) is 19.7. The van der Waals surface area contributed by atoms with Crippen LogP contribution in [0.1, 0.15) is 32.8 Å². The maximum absolute atomic E-state index is 13.4. The van der Waals surface area contributed by atoms with Gasteiger partial charge in [0.1, 0.15) is 17.6 Å². The summed E-state index contributed by atoms with van der Waals surface area (Å²) in [5.41, 5.74) is 0.733. The molecule has 3 aromatic carbocycles. The maximum Gasteiger partial charge on any atom is 0.261 e. The van der Waals surface area contributed by atoms with Crippen molar-refractivity contribution < 1.29 is 18.7 Å². The Kier molecular flexibility index (Phi) is 9.05. The zero-order chi connectivity index (χ0) is 24.7. The van der Waals surface area contributed by atoms with Crippen molar-refractivity contribution in [2.24, 2.45) is 5.92 Å². The number of nitrogens with one attached hydrogen (secondary N) is 1. The number of halogens is 2. The Labute approximate surface area is 208 Å². The number of nitrogens with zero attached hydrogens (tertiary/aromatic N) is 1. The zero-order valence-corrected chi connectivity index (χ0v) is 21.3. The molecular weight excluding hydrogens is 499 g/mol. The van der Waals surface area contributed by atoms with Gasteiger partial charge in [0, 0.05) is 13.1 Å². The largest absolute Gasteiger partial charge is 0.483 e. The first-order valence-corrected chi connectivity index (χ1v) is 12.2. The van der Waals surface area contributed by atoms with Crippen LogP contribution in [-0.2, 0) is 16.1 Å². The van der Waals surface area contributed by atoms with Gasteiger partial charge in [0.15, 0.2) is 6.61 Å². The lowest BCUT2D eigenvalue weighted by molar-refractivity contribution is -0.143. The van der Waals surface area contributed by atoms with Crippen molar-refractivity contribution in [3.63, 3.8) is 0 Å². The van der Waals surface area contributed by atoms with Gasteiger partial charge in [-0.25, -0.2) is 4.39 Å². The van der Waals surface area contributed by atoms with Crippen molar-refractivity contribution >= 4 is 38.5 Å². The van der Waals surface area contributed by atoms with Gasteiger partial charge in [-0.1, -0.05) is 63.2 Å². The lowest BCUT2D eigenvalue weighted by Gasteiger charge is -2.31. The van der Waals surface area contributed by atoms with Crippen LogP contribution in [0.2, 0.25) is 0 Å². The predicted octanol–water partition coefficient (Wildman–Crippen LogP) is 5.70. The van der Waals surface area contributed by atoms with E-state index < -0.39 is 6.04 Å². The molecule has 1 unspecified atom stereocenters. The molecule has 3 rings (SSSR count). The van der Waals surface area contributed by atoms with Crippen molar-refractivity contribution in [1.29, 1.82) is 0 Å². The Morgan fingerprint density at radius 3 is 2.44 bits per heavy atom. The molecule has 1 atom stereocenters. The molecule has 34 heavy (non-hydrogen) atoms. The first-order valence-electron chi connectivity index (χ1n) is 11.4. The molecule has 1 N–H and O–H groups in total. The second kappa shape index (κ2) is 12.0. The van der Waals surface area contributed by atoms with Gasteiger partial charge >= 0.3 is 0 Å². The van der Waals surface area contributed by atoms with Gasteiger partial charge < -0.3 is 15.0 Å². The molecule has 0 aliphatic carbocycles. The topological polar surface area (TPSA) is 58.6 Å². The number of fused-ring (bicyclic) bond motifs is 1. The van der Waals surface area contributed by atoms with Crippen LogP contribution in [0.4, 0.5) is 4.39 Å². The van der Waals surface area contributed by atoms with E-state index >= 15 is 0 Å². The fourth-order valence-corrected chi connectivity index (χ4v) is 4.28. The second-order valence-corrected chi connectivity index (χ2v) is 9.39. The molecule has 7 heteroatoms. The first-order chi connectivity index (χ1) is 16.3. The highest BCUT2D eigenvalue weighted by Crippen LogP contribution is 2.33. The summed E-state index contributed by atoms with van der Waals surface area (Å²) in [5.74, 6) is -0.0512. The Hall–Kier alpha value is -2.93. The minimum atomic E-state index is -0.667. The van der Waals surface area contributed by atoms with Crippen molar-refractivity contribution in [2.45, 2.75) is 39.8 Å². The van der Waals surface area contributed by atoms with Crippen LogP contribution in [-0.4, -0.2) is 35.9 Å². The number of ether oxygens (including phenoxy) is 1. The van der Waals surface area contributed by atoms with Crippen molar-refractivity contribution in [2.75, 3.05) is 13.2 Å². The molecule has 0 spiro atoms. The van der Waals surface area contributed by atoms with Gasteiger partial charge in [-0.3, -0.25) is 9.59 Å². The van der Waals surface area contributed by atoms with E-state index in [1.807, 2.05) is 57.2 Å². The smallest absolute Gasteiger partial charge is 0.261 e. The number of rotatable bonds is 10. The second-order valence-electron chi connectivity index (χ2n) is 8.60. The van der Waals surface area contributed by atoms with Crippen LogP contribution < -0.4 is 10.1 Å². The van der Waals surface area contributed by atoms with Gasteiger partial charge in [0.2, 0.25) is 5.91 Å². The first kappa shape index (κ1) is 25.7. The lowest BCUT2D eigenvalue weighted by atomic mass is 10.1. The summed E-state index contributed by atoms with van der Waals surface area (Å²) in [6.07, 6.45) is 0.441. The number of benzene rings is 3. The molecule has 0 bridgehead atoms. The number of hydrogen-bond donors (Lipinski definition) is 1. The molecule has 0 saturated carbocycles. The minimum Gasteiger partial charge on any atom is -0.483 e. The third-order valence-electron chi connectivity index (χ3n) is 5.52. The molecule has 0 radical (unpaired) electrons. The molecule has 0 fully saturated rings. The van der Waals surface area contributed by atoms with E-state index in [-0.39, 0.29) is 36.7 Å². The summed E-state index contributed by atoms with van der Waals surface area (Å²) < 4.78 is 20.1.